The van der Waals surface area contributed by atoms with Crippen molar-refractivity contribution >= 4 is 36.9 Å². The number of hydrogen-bond donors (Lipinski definition) is 0. The molecule has 3 heteroatoms. The minimum atomic E-state index is 0. The van der Waals surface area contributed by atoms with Crippen molar-refractivity contribution < 1.29 is 49.0 Å². The molecule has 0 aromatic heterocycles. The van der Waals surface area contributed by atoms with E-state index in [4.69, 9.17) is 0 Å². The van der Waals surface area contributed by atoms with E-state index in [1.807, 2.05) is 12.2 Å². The zero-order valence-electron chi connectivity index (χ0n) is 23.7. The second-order valence-electron chi connectivity index (χ2n) is 10.4. The summed E-state index contributed by atoms with van der Waals surface area (Å²) in [7, 11) is 0. The number of rotatable bonds is 4. The fourth-order valence-electron chi connectivity index (χ4n) is 4.18. The molecule has 5 rings (SSSR count). The summed E-state index contributed by atoms with van der Waals surface area (Å²) in [5, 5.41) is 5.15. The van der Waals surface area contributed by atoms with Crippen molar-refractivity contribution in [2.75, 3.05) is 0 Å². The summed E-state index contributed by atoms with van der Waals surface area (Å²) in [6.45, 7) is 18.7. The van der Waals surface area contributed by atoms with Crippen molar-refractivity contribution in [3.63, 3.8) is 0 Å². The van der Waals surface area contributed by atoms with E-state index in [0.29, 0.717) is 11.3 Å². The molecule has 0 fully saturated rings. The zero-order valence-corrected chi connectivity index (χ0v) is 27.7. The van der Waals surface area contributed by atoms with Crippen LogP contribution in [-0.2, 0) is 24.2 Å². The Balaban J connectivity index is 0.000000303. The van der Waals surface area contributed by atoms with Crippen LogP contribution in [0.15, 0.2) is 104 Å². The van der Waals surface area contributed by atoms with Gasteiger partial charge < -0.3 is 24.8 Å². The summed E-state index contributed by atoms with van der Waals surface area (Å²) in [5.74, 6) is 0.522. The molecule has 0 radical (unpaired) electrons. The van der Waals surface area contributed by atoms with Crippen LogP contribution >= 0.6 is 0 Å². The predicted molar refractivity (Wildman–Crippen MR) is 163 cm³/mol. The van der Waals surface area contributed by atoms with Gasteiger partial charge in [-0.1, -0.05) is 88.6 Å². The predicted octanol–water partition coefficient (Wildman–Crippen LogP) is 4.14. The van der Waals surface area contributed by atoms with Crippen LogP contribution in [0.2, 0.25) is 0 Å². The molecule has 1 aliphatic carbocycles. The van der Waals surface area contributed by atoms with Gasteiger partial charge in [0, 0.05) is 0 Å². The maximum atomic E-state index is 3.82. The normalized spacial score (nSPS) is 13.6. The fraction of sp³-hybridized carbons (Fsp3) is 0.222. The third-order valence-corrected chi connectivity index (χ3v) is 8.08. The molecule has 0 nitrogen and oxygen atoms in total. The third kappa shape index (κ3) is 9.75. The first-order valence-corrected chi connectivity index (χ1v) is 14.2. The van der Waals surface area contributed by atoms with Crippen molar-refractivity contribution in [3.05, 3.63) is 126 Å². The molecule has 1 aliphatic rings. The molecule has 0 saturated carbocycles. The zero-order chi connectivity index (χ0) is 27.0. The molecule has 0 spiro atoms. The minimum absolute atomic E-state index is 0. The second-order valence-corrected chi connectivity index (χ2v) is 11.9. The minimum Gasteiger partial charge on any atom is -1.00 e. The smallest absolute Gasteiger partial charge is 1.00 e. The Labute approximate surface area is 263 Å². The van der Waals surface area contributed by atoms with Crippen LogP contribution in [0.3, 0.4) is 0 Å². The fourth-order valence-corrected chi connectivity index (χ4v) is 4.59. The van der Waals surface area contributed by atoms with Crippen LogP contribution in [-0.4, -0.2) is 3.21 Å². The Morgan fingerprint density at radius 3 is 1.77 bits per heavy atom. The maximum Gasteiger partial charge on any atom is -1.00 e. The summed E-state index contributed by atoms with van der Waals surface area (Å²) < 4.78 is 1.55. The SMILES string of the molecule is C=Cc1ccc2[cH-]c3ccc(C=C)cc3c2c1.CC1[C-]=CC(C(C)(C)C)=C1.CC[C](=[Zr+2])c1ccccc1.[Cl-].[Cl-]. The molecular weight excluding hydrogens is 595 g/mol. The molecule has 4 aromatic rings. The molecule has 0 bridgehead atoms. The van der Waals surface area contributed by atoms with Crippen molar-refractivity contribution in [2.24, 2.45) is 11.3 Å². The molecule has 0 amide bonds. The first-order chi connectivity index (χ1) is 17.7. The monoisotopic (exact) mass is 630 g/mol. The molecule has 1 unspecified atom stereocenters. The Morgan fingerprint density at radius 1 is 0.897 bits per heavy atom. The van der Waals surface area contributed by atoms with E-state index in [0.717, 1.165) is 11.1 Å². The van der Waals surface area contributed by atoms with E-state index in [1.54, 1.807) is 3.21 Å². The number of halogens is 2. The van der Waals surface area contributed by atoms with Crippen LogP contribution in [0.1, 0.15) is 57.7 Å². The molecule has 0 heterocycles. The standard InChI is InChI=1S/C17H13.C10H15.C9H10.2ClH.Zr/c1-3-12-5-7-14-11-15-8-6-13(4-2)10-17(15)16(14)9-12;1-8-5-6-9(7-8)10(2,3)4;1-2-6-9-7-4-3-5-8-9;;;/h3-11H,1-2H2;6-8H,1-4H3;3-5,7-8H,2H2,1H3;2*1H;/q2*-1;;;;+2/p-2. The van der Waals surface area contributed by atoms with E-state index in [-0.39, 0.29) is 24.8 Å². The van der Waals surface area contributed by atoms with Gasteiger partial charge in [0.2, 0.25) is 0 Å². The molecule has 4 aromatic carbocycles. The van der Waals surface area contributed by atoms with Crippen molar-refractivity contribution in [3.8, 4) is 0 Å². The number of allylic oxidation sites excluding steroid dienone is 4. The molecule has 1 atom stereocenters. The van der Waals surface area contributed by atoms with Crippen LogP contribution < -0.4 is 24.8 Å². The van der Waals surface area contributed by atoms with Gasteiger partial charge in [0.05, 0.1) is 0 Å². The molecule has 0 aliphatic heterocycles. The Hall–Kier alpha value is -2.18. The van der Waals surface area contributed by atoms with Gasteiger partial charge in [-0.15, -0.1) is 39.7 Å². The van der Waals surface area contributed by atoms with E-state index < -0.39 is 0 Å². The molecule has 39 heavy (non-hydrogen) atoms. The molecule has 202 valence electrons. The van der Waals surface area contributed by atoms with Gasteiger partial charge in [0.25, 0.3) is 0 Å². The van der Waals surface area contributed by atoms with E-state index in [2.05, 4.69) is 139 Å². The van der Waals surface area contributed by atoms with Gasteiger partial charge in [-0.3, -0.25) is 6.08 Å². The summed E-state index contributed by atoms with van der Waals surface area (Å²) in [5.41, 5.74) is 5.45. The first kappa shape index (κ1) is 34.9. The first-order valence-electron chi connectivity index (χ1n) is 13.0. The summed E-state index contributed by atoms with van der Waals surface area (Å²) >= 11 is 1.54. The Morgan fingerprint density at radius 2 is 1.41 bits per heavy atom. The molecule has 0 N–H and O–H groups in total. The van der Waals surface area contributed by atoms with Crippen LogP contribution in [0, 0.1) is 17.4 Å². The van der Waals surface area contributed by atoms with E-state index >= 15 is 0 Å². The number of benzene rings is 3. The third-order valence-electron chi connectivity index (χ3n) is 6.50. The van der Waals surface area contributed by atoms with E-state index in [1.165, 1.54) is 63.3 Å². The van der Waals surface area contributed by atoms with Crippen molar-refractivity contribution in [1.29, 1.82) is 0 Å². The van der Waals surface area contributed by atoms with Gasteiger partial charge in [0.15, 0.2) is 0 Å². The van der Waals surface area contributed by atoms with Crippen LogP contribution in [0.25, 0.3) is 33.7 Å². The van der Waals surface area contributed by atoms with Gasteiger partial charge in [-0.2, -0.15) is 11.6 Å². The summed E-state index contributed by atoms with van der Waals surface area (Å²) in [6.07, 6.45) is 12.6. The quantitative estimate of drug-likeness (QED) is 0.297. The summed E-state index contributed by atoms with van der Waals surface area (Å²) in [6, 6.07) is 25.7. The van der Waals surface area contributed by atoms with Crippen molar-refractivity contribution in [2.45, 2.75) is 41.0 Å². The topological polar surface area (TPSA) is 0 Å². The number of hydrogen-bond acceptors (Lipinski definition) is 0. The second kappa shape index (κ2) is 16.2. The average Bonchev–Trinajstić information content (AvgIpc) is 3.52. The summed E-state index contributed by atoms with van der Waals surface area (Å²) in [4.78, 5) is 0. The van der Waals surface area contributed by atoms with Gasteiger partial charge in [-0.25, -0.2) is 6.08 Å². The Bertz CT molecular complexity index is 1380. The van der Waals surface area contributed by atoms with Crippen molar-refractivity contribution in [1.82, 2.24) is 0 Å². The maximum absolute atomic E-state index is 3.82. The van der Waals surface area contributed by atoms with Gasteiger partial charge in [-0.05, 0) is 11.1 Å². The van der Waals surface area contributed by atoms with Crippen LogP contribution in [0.5, 0.6) is 0 Å². The molecular formula is C36H38Cl2Zr-2. The average molecular weight is 633 g/mol. The molecule has 0 saturated heterocycles. The largest absolute Gasteiger partial charge is 1.00 e. The Kier molecular flexibility index (Phi) is 14.5. The van der Waals surface area contributed by atoms with E-state index in [9.17, 15) is 0 Å². The van der Waals surface area contributed by atoms with Gasteiger partial charge in [0.1, 0.15) is 0 Å². The van der Waals surface area contributed by atoms with Crippen LogP contribution in [0.4, 0.5) is 0 Å². The van der Waals surface area contributed by atoms with Gasteiger partial charge >= 0.3 is 76.7 Å². The number of fused-ring (bicyclic) bond motifs is 3.